The molecule has 7 heteroatoms. The van der Waals surface area contributed by atoms with Gasteiger partial charge in [-0.1, -0.05) is 25.1 Å². The summed E-state index contributed by atoms with van der Waals surface area (Å²) in [6.07, 6.45) is -0.0953. The van der Waals surface area contributed by atoms with Crippen LogP contribution in [-0.2, 0) is 9.59 Å². The van der Waals surface area contributed by atoms with Gasteiger partial charge in [0.1, 0.15) is 11.8 Å². The van der Waals surface area contributed by atoms with Gasteiger partial charge in [0, 0.05) is 16.6 Å². The molecule has 160 valence electrons. The number of nitrogens with one attached hydrogen (secondary N) is 1. The van der Waals surface area contributed by atoms with E-state index in [1.165, 1.54) is 0 Å². The van der Waals surface area contributed by atoms with Gasteiger partial charge in [-0.2, -0.15) is 0 Å². The number of rotatable bonds is 5. The smallest absolute Gasteiger partial charge is 0.268 e. The van der Waals surface area contributed by atoms with E-state index in [0.717, 1.165) is 27.5 Å². The Labute approximate surface area is 185 Å². The van der Waals surface area contributed by atoms with Crippen molar-refractivity contribution < 1.29 is 14.3 Å². The zero-order chi connectivity index (χ0) is 22.1. The third kappa shape index (κ3) is 4.05. The second-order valence-corrected chi connectivity index (χ2v) is 8.70. The SMILES string of the molecule is CCC1Oc2ccc(-c3csc(C)n3)cc2N(C(C)C(=O)Nc2ccccc2C)C1=O. The number of amides is 2. The number of ether oxygens (including phenoxy) is 1. The summed E-state index contributed by atoms with van der Waals surface area (Å²) >= 11 is 1.57. The maximum absolute atomic E-state index is 13.2. The number of hydrogen-bond donors (Lipinski definition) is 1. The van der Waals surface area contributed by atoms with E-state index in [9.17, 15) is 9.59 Å². The summed E-state index contributed by atoms with van der Waals surface area (Å²) in [5.41, 5.74) is 4.01. The van der Waals surface area contributed by atoms with E-state index in [4.69, 9.17) is 4.74 Å². The van der Waals surface area contributed by atoms with Crippen molar-refractivity contribution in [3.8, 4) is 17.0 Å². The number of carbonyl (C=O) groups excluding carboxylic acids is 2. The molecule has 0 fully saturated rings. The van der Waals surface area contributed by atoms with Gasteiger partial charge in [-0.25, -0.2) is 4.98 Å². The first-order valence-electron chi connectivity index (χ1n) is 10.3. The molecule has 4 rings (SSSR count). The van der Waals surface area contributed by atoms with Crippen LogP contribution < -0.4 is 15.0 Å². The van der Waals surface area contributed by atoms with Crippen LogP contribution in [0.15, 0.2) is 47.8 Å². The molecule has 3 aromatic rings. The minimum absolute atomic E-state index is 0.214. The van der Waals surface area contributed by atoms with Crippen LogP contribution >= 0.6 is 11.3 Å². The van der Waals surface area contributed by atoms with Crippen molar-refractivity contribution >= 4 is 34.5 Å². The Hall–Kier alpha value is -3.19. The molecule has 2 atom stereocenters. The van der Waals surface area contributed by atoms with Crippen molar-refractivity contribution in [2.75, 3.05) is 10.2 Å². The molecule has 0 bridgehead atoms. The highest BCUT2D eigenvalue weighted by Crippen LogP contribution is 2.39. The Morgan fingerprint density at radius 3 is 2.71 bits per heavy atom. The van der Waals surface area contributed by atoms with Crippen LogP contribution in [0.2, 0.25) is 0 Å². The highest BCUT2D eigenvalue weighted by Gasteiger charge is 2.38. The lowest BCUT2D eigenvalue weighted by Crippen LogP contribution is -2.53. The van der Waals surface area contributed by atoms with E-state index in [1.807, 2.05) is 68.6 Å². The molecular formula is C24H25N3O3S. The van der Waals surface area contributed by atoms with Crippen molar-refractivity contribution in [1.82, 2.24) is 4.98 Å². The molecule has 6 nitrogen and oxygen atoms in total. The molecule has 1 aliphatic heterocycles. The van der Waals surface area contributed by atoms with Gasteiger partial charge in [0.2, 0.25) is 5.91 Å². The van der Waals surface area contributed by atoms with E-state index >= 15 is 0 Å². The average molecular weight is 436 g/mol. The monoisotopic (exact) mass is 435 g/mol. The van der Waals surface area contributed by atoms with E-state index in [1.54, 1.807) is 23.2 Å². The molecule has 2 aromatic carbocycles. The number of benzene rings is 2. The Balaban J connectivity index is 1.71. The van der Waals surface area contributed by atoms with Crippen molar-refractivity contribution in [2.45, 2.75) is 46.3 Å². The summed E-state index contributed by atoms with van der Waals surface area (Å²) < 4.78 is 5.95. The topological polar surface area (TPSA) is 71.5 Å². The van der Waals surface area contributed by atoms with Gasteiger partial charge in [-0.3, -0.25) is 14.5 Å². The van der Waals surface area contributed by atoms with Crippen molar-refractivity contribution in [3.63, 3.8) is 0 Å². The van der Waals surface area contributed by atoms with Crippen molar-refractivity contribution in [2.24, 2.45) is 0 Å². The van der Waals surface area contributed by atoms with Crippen molar-refractivity contribution in [1.29, 1.82) is 0 Å². The number of nitrogens with zero attached hydrogens (tertiary/aromatic N) is 2. The molecule has 1 aromatic heterocycles. The van der Waals surface area contributed by atoms with E-state index in [-0.39, 0.29) is 11.8 Å². The highest BCUT2D eigenvalue weighted by atomic mass is 32.1. The van der Waals surface area contributed by atoms with Gasteiger partial charge < -0.3 is 10.1 Å². The number of aryl methyl sites for hydroxylation is 2. The van der Waals surface area contributed by atoms with E-state index in [2.05, 4.69) is 10.3 Å². The fourth-order valence-corrected chi connectivity index (χ4v) is 4.29. The van der Waals surface area contributed by atoms with Crippen LogP contribution in [0.5, 0.6) is 5.75 Å². The maximum Gasteiger partial charge on any atom is 0.268 e. The first kappa shape index (κ1) is 21.1. The predicted molar refractivity (Wildman–Crippen MR) is 124 cm³/mol. The third-order valence-electron chi connectivity index (χ3n) is 5.46. The van der Waals surface area contributed by atoms with Gasteiger partial charge in [0.15, 0.2) is 6.10 Å². The van der Waals surface area contributed by atoms with Gasteiger partial charge in [0.05, 0.1) is 16.4 Å². The maximum atomic E-state index is 13.2. The fraction of sp³-hybridized carbons (Fsp3) is 0.292. The van der Waals surface area contributed by atoms with Gasteiger partial charge in [-0.05, 0) is 57.0 Å². The van der Waals surface area contributed by atoms with Gasteiger partial charge in [0.25, 0.3) is 5.91 Å². The zero-order valence-electron chi connectivity index (χ0n) is 18.0. The second kappa shape index (κ2) is 8.51. The third-order valence-corrected chi connectivity index (χ3v) is 6.23. The normalized spacial score (nSPS) is 16.5. The lowest BCUT2D eigenvalue weighted by atomic mass is 10.0. The quantitative estimate of drug-likeness (QED) is 0.615. The molecular weight excluding hydrogens is 410 g/mol. The Morgan fingerprint density at radius 2 is 2.03 bits per heavy atom. The largest absolute Gasteiger partial charge is 0.478 e. The second-order valence-electron chi connectivity index (χ2n) is 7.64. The summed E-state index contributed by atoms with van der Waals surface area (Å²) in [4.78, 5) is 32.5. The summed E-state index contributed by atoms with van der Waals surface area (Å²) in [6, 6.07) is 12.5. The molecule has 0 saturated heterocycles. The molecule has 31 heavy (non-hydrogen) atoms. The van der Waals surface area contributed by atoms with Crippen LogP contribution in [0.3, 0.4) is 0 Å². The number of aromatic nitrogens is 1. The van der Waals surface area contributed by atoms with Crippen LogP contribution in [0.4, 0.5) is 11.4 Å². The molecule has 2 unspecified atom stereocenters. The summed E-state index contributed by atoms with van der Waals surface area (Å²) in [6.45, 7) is 7.53. The summed E-state index contributed by atoms with van der Waals surface area (Å²) in [7, 11) is 0. The number of carbonyl (C=O) groups is 2. The minimum Gasteiger partial charge on any atom is -0.478 e. The van der Waals surface area contributed by atoms with Crippen LogP contribution in [-0.4, -0.2) is 28.9 Å². The fourth-order valence-electron chi connectivity index (χ4n) is 3.66. The predicted octanol–water partition coefficient (Wildman–Crippen LogP) is 4.96. The van der Waals surface area contributed by atoms with E-state index < -0.39 is 12.1 Å². The molecule has 0 radical (unpaired) electrons. The number of para-hydroxylation sites is 1. The zero-order valence-corrected chi connectivity index (χ0v) is 18.8. The molecule has 1 N–H and O–H groups in total. The molecule has 0 saturated carbocycles. The molecule has 0 spiro atoms. The molecule has 1 aliphatic rings. The number of thiazole rings is 1. The van der Waals surface area contributed by atoms with Crippen LogP contribution in [0, 0.1) is 13.8 Å². The lowest BCUT2D eigenvalue weighted by Gasteiger charge is -2.37. The van der Waals surface area contributed by atoms with Gasteiger partial charge >= 0.3 is 0 Å². The molecule has 0 aliphatic carbocycles. The van der Waals surface area contributed by atoms with Crippen LogP contribution in [0.1, 0.15) is 30.8 Å². The summed E-state index contributed by atoms with van der Waals surface area (Å²) in [5, 5.41) is 5.91. The number of hydrogen-bond acceptors (Lipinski definition) is 5. The summed E-state index contributed by atoms with van der Waals surface area (Å²) in [5.74, 6) is 0.131. The first-order valence-corrected chi connectivity index (χ1v) is 11.2. The Morgan fingerprint density at radius 1 is 1.26 bits per heavy atom. The standard InChI is InChI=1S/C24H25N3O3S/c1-5-21-24(29)27(15(3)23(28)26-18-9-7-6-8-14(18)2)20-12-17(10-11-22(20)30-21)19-13-31-16(4)25-19/h6-13,15,21H,5H2,1-4H3,(H,26,28). The van der Waals surface area contributed by atoms with Crippen molar-refractivity contribution in [3.05, 3.63) is 58.4 Å². The Bertz CT molecular complexity index is 1140. The minimum atomic E-state index is -0.712. The lowest BCUT2D eigenvalue weighted by molar-refractivity contribution is -0.129. The van der Waals surface area contributed by atoms with E-state index in [0.29, 0.717) is 17.9 Å². The average Bonchev–Trinajstić information content (AvgIpc) is 3.20. The molecule has 2 heterocycles. The number of fused-ring (bicyclic) bond motifs is 1. The van der Waals surface area contributed by atoms with Crippen LogP contribution in [0.25, 0.3) is 11.3 Å². The number of anilines is 2. The highest BCUT2D eigenvalue weighted by molar-refractivity contribution is 7.09. The first-order chi connectivity index (χ1) is 14.9. The Kier molecular flexibility index (Phi) is 5.78. The van der Waals surface area contributed by atoms with Gasteiger partial charge in [-0.15, -0.1) is 11.3 Å². The molecule has 2 amide bonds.